The first-order chi connectivity index (χ1) is 12.1. The molecule has 0 unspecified atom stereocenters. The number of anilines is 1. The smallest absolute Gasteiger partial charge is 0.315 e. The Balaban J connectivity index is 1.73. The fourth-order valence-electron chi connectivity index (χ4n) is 2.67. The predicted molar refractivity (Wildman–Crippen MR) is 99.4 cm³/mol. The number of H-pyrrole nitrogens is 1. The van der Waals surface area contributed by atoms with Gasteiger partial charge in [-0.1, -0.05) is 35.1 Å². The number of fused-ring (bicyclic) bond motifs is 3. The molecule has 1 N–H and O–H groups in total. The highest BCUT2D eigenvalue weighted by Crippen LogP contribution is 2.19. The first-order valence-electron chi connectivity index (χ1n) is 7.81. The largest absolute Gasteiger partial charge is 0.378 e. The van der Waals surface area contributed by atoms with E-state index in [1.165, 1.54) is 0 Å². The third-order valence-electron chi connectivity index (χ3n) is 4.03. The summed E-state index contributed by atoms with van der Waals surface area (Å²) in [6.07, 6.45) is 1.59. The van der Waals surface area contributed by atoms with Crippen LogP contribution >= 0.6 is 0 Å². The van der Waals surface area contributed by atoms with Crippen LogP contribution in [-0.4, -0.2) is 40.4 Å². The number of para-hydroxylation sites is 1. The number of nitrogens with zero attached hydrogens (tertiary/aromatic N) is 5. The molecule has 2 heterocycles. The number of rotatable bonds is 3. The van der Waals surface area contributed by atoms with Crippen molar-refractivity contribution in [2.75, 3.05) is 19.0 Å². The van der Waals surface area contributed by atoms with Crippen LogP contribution in [0.5, 0.6) is 0 Å². The van der Waals surface area contributed by atoms with Crippen molar-refractivity contribution in [3.05, 3.63) is 64.4 Å². The van der Waals surface area contributed by atoms with Crippen LogP contribution in [-0.2, 0) is 0 Å². The number of nitrogens with one attached hydrogen (secondary N) is 1. The molecule has 2 aromatic carbocycles. The van der Waals surface area contributed by atoms with Crippen molar-refractivity contribution in [1.29, 1.82) is 0 Å². The summed E-state index contributed by atoms with van der Waals surface area (Å²) in [6, 6.07) is 15.4. The maximum absolute atomic E-state index is 12.6. The van der Waals surface area contributed by atoms with Crippen LogP contribution < -0.4 is 10.5 Å². The Kier molecular flexibility index (Phi) is 3.53. The fraction of sp³-hybridized carbons (Fsp3) is 0.111. The standard InChI is InChI=1S/C18H16N6O/c1-23(2)13-9-7-12(8-10-13)11-19-24-18(25)17-16(21-22-24)14-5-3-4-6-15(14)20-17/h3-11,20H,1-2H3/b19-11+. The average molecular weight is 332 g/mol. The molecule has 4 aromatic rings. The van der Waals surface area contributed by atoms with Gasteiger partial charge < -0.3 is 9.88 Å². The van der Waals surface area contributed by atoms with Gasteiger partial charge >= 0.3 is 5.56 Å². The summed E-state index contributed by atoms with van der Waals surface area (Å²) in [4.78, 5) is 18.7. The monoisotopic (exact) mass is 332 g/mol. The molecule has 4 rings (SSSR count). The SMILES string of the molecule is CN(C)c1ccc(/C=N/n2nnc3c([nH]c4ccccc43)c2=O)cc1. The van der Waals surface area contributed by atoms with E-state index in [2.05, 4.69) is 20.4 Å². The molecule has 0 radical (unpaired) electrons. The van der Waals surface area contributed by atoms with Gasteiger partial charge in [0.1, 0.15) is 11.0 Å². The van der Waals surface area contributed by atoms with E-state index in [1.807, 2.05) is 67.5 Å². The number of benzene rings is 2. The van der Waals surface area contributed by atoms with Gasteiger partial charge in [0.15, 0.2) is 0 Å². The van der Waals surface area contributed by atoms with Gasteiger partial charge in [-0.15, -0.1) is 5.10 Å². The van der Waals surface area contributed by atoms with Crippen LogP contribution in [0.4, 0.5) is 5.69 Å². The minimum atomic E-state index is -0.331. The molecule has 0 amide bonds. The van der Waals surface area contributed by atoms with Crippen molar-refractivity contribution in [2.45, 2.75) is 0 Å². The second-order valence-corrected chi connectivity index (χ2v) is 5.91. The normalized spacial score (nSPS) is 11.6. The minimum Gasteiger partial charge on any atom is -0.378 e. The molecule has 0 spiro atoms. The lowest BCUT2D eigenvalue weighted by atomic mass is 10.2. The van der Waals surface area contributed by atoms with Crippen molar-refractivity contribution in [3.8, 4) is 0 Å². The van der Waals surface area contributed by atoms with Gasteiger partial charge in [-0.05, 0) is 29.0 Å². The molecule has 124 valence electrons. The van der Waals surface area contributed by atoms with Crippen molar-refractivity contribution in [1.82, 2.24) is 20.1 Å². The maximum Gasteiger partial charge on any atom is 0.315 e. The third-order valence-corrected chi connectivity index (χ3v) is 4.03. The lowest BCUT2D eigenvalue weighted by Gasteiger charge is -2.11. The molecular formula is C18H16N6O. The van der Waals surface area contributed by atoms with Gasteiger partial charge in [-0.2, -0.15) is 5.10 Å². The molecule has 0 saturated heterocycles. The van der Waals surface area contributed by atoms with E-state index in [4.69, 9.17) is 0 Å². The molecule has 0 saturated carbocycles. The molecule has 2 aromatic heterocycles. The zero-order valence-corrected chi connectivity index (χ0v) is 13.8. The zero-order chi connectivity index (χ0) is 17.4. The Morgan fingerprint density at radius 3 is 2.64 bits per heavy atom. The van der Waals surface area contributed by atoms with Gasteiger partial charge in [0.05, 0.1) is 6.21 Å². The topological polar surface area (TPSA) is 79.2 Å². The quantitative estimate of drug-likeness (QED) is 0.584. The number of aromatic nitrogens is 4. The molecule has 7 heteroatoms. The third kappa shape index (κ3) is 2.65. The zero-order valence-electron chi connectivity index (χ0n) is 13.8. The molecule has 0 bridgehead atoms. The second-order valence-electron chi connectivity index (χ2n) is 5.91. The van der Waals surface area contributed by atoms with Gasteiger partial charge in [-0.25, -0.2) is 0 Å². The highest BCUT2D eigenvalue weighted by Gasteiger charge is 2.11. The van der Waals surface area contributed by atoms with Crippen LogP contribution in [0.25, 0.3) is 21.9 Å². The summed E-state index contributed by atoms with van der Waals surface area (Å²) >= 11 is 0. The van der Waals surface area contributed by atoms with Crippen molar-refractivity contribution in [2.24, 2.45) is 5.10 Å². The van der Waals surface area contributed by atoms with E-state index in [0.717, 1.165) is 26.9 Å². The molecule has 0 aliphatic rings. The predicted octanol–water partition coefficient (Wildman–Crippen LogP) is 2.22. The molecular weight excluding hydrogens is 316 g/mol. The Morgan fingerprint density at radius 1 is 1.12 bits per heavy atom. The maximum atomic E-state index is 12.6. The van der Waals surface area contributed by atoms with Crippen molar-refractivity contribution >= 4 is 33.8 Å². The summed E-state index contributed by atoms with van der Waals surface area (Å²) in [6.45, 7) is 0. The van der Waals surface area contributed by atoms with E-state index in [-0.39, 0.29) is 5.56 Å². The number of hydrogen-bond donors (Lipinski definition) is 1. The summed E-state index contributed by atoms with van der Waals surface area (Å²) < 4.78 is 0. The summed E-state index contributed by atoms with van der Waals surface area (Å²) in [5.74, 6) is 0. The molecule has 0 atom stereocenters. The van der Waals surface area contributed by atoms with Gasteiger partial charge in [0, 0.05) is 30.7 Å². The Morgan fingerprint density at radius 2 is 1.88 bits per heavy atom. The van der Waals surface area contributed by atoms with Crippen LogP contribution in [0.15, 0.2) is 58.4 Å². The lowest BCUT2D eigenvalue weighted by Crippen LogP contribution is -2.20. The van der Waals surface area contributed by atoms with E-state index in [0.29, 0.717) is 11.0 Å². The second kappa shape index (κ2) is 5.86. The van der Waals surface area contributed by atoms with Crippen LogP contribution in [0, 0.1) is 0 Å². The van der Waals surface area contributed by atoms with E-state index >= 15 is 0 Å². The Hall–Kier alpha value is -3.48. The Bertz CT molecular complexity index is 1140. The molecule has 0 aliphatic heterocycles. The van der Waals surface area contributed by atoms with Crippen molar-refractivity contribution in [3.63, 3.8) is 0 Å². The minimum absolute atomic E-state index is 0.331. The van der Waals surface area contributed by atoms with Crippen LogP contribution in [0.2, 0.25) is 0 Å². The highest BCUT2D eigenvalue weighted by atomic mass is 16.1. The van der Waals surface area contributed by atoms with E-state index in [9.17, 15) is 4.79 Å². The summed E-state index contributed by atoms with van der Waals surface area (Å²) in [5, 5.41) is 13.1. The lowest BCUT2D eigenvalue weighted by molar-refractivity contribution is 0.640. The van der Waals surface area contributed by atoms with Crippen molar-refractivity contribution < 1.29 is 0 Å². The molecule has 0 aliphatic carbocycles. The molecule has 0 fully saturated rings. The van der Waals surface area contributed by atoms with Crippen LogP contribution in [0.1, 0.15) is 5.56 Å². The van der Waals surface area contributed by atoms with Gasteiger partial charge in [0.25, 0.3) is 0 Å². The summed E-state index contributed by atoms with van der Waals surface area (Å²) in [7, 11) is 3.96. The molecule has 25 heavy (non-hydrogen) atoms. The van der Waals surface area contributed by atoms with E-state index < -0.39 is 0 Å². The Labute approximate surface area is 143 Å². The van der Waals surface area contributed by atoms with Crippen LogP contribution in [0.3, 0.4) is 0 Å². The number of hydrogen-bond acceptors (Lipinski definition) is 5. The fourth-order valence-corrected chi connectivity index (χ4v) is 2.67. The highest BCUT2D eigenvalue weighted by molar-refractivity contribution is 6.04. The molecule has 7 nitrogen and oxygen atoms in total. The average Bonchev–Trinajstić information content (AvgIpc) is 3.01. The number of aromatic amines is 1. The first kappa shape index (κ1) is 15.1. The summed E-state index contributed by atoms with van der Waals surface area (Å²) in [5.41, 5.74) is 3.44. The first-order valence-corrected chi connectivity index (χ1v) is 7.81. The van der Waals surface area contributed by atoms with Gasteiger partial charge in [-0.3, -0.25) is 4.79 Å². The van der Waals surface area contributed by atoms with E-state index in [1.54, 1.807) is 6.21 Å². The van der Waals surface area contributed by atoms with Gasteiger partial charge in [0.2, 0.25) is 0 Å².